The number of nitrogens with zero attached hydrogens (tertiary/aromatic N) is 1. The predicted molar refractivity (Wildman–Crippen MR) is 77.4 cm³/mol. The molecule has 0 bridgehead atoms. The number of amides is 1. The summed E-state index contributed by atoms with van der Waals surface area (Å²) in [4.78, 5) is 23.9. The molecule has 0 spiro atoms. The summed E-state index contributed by atoms with van der Waals surface area (Å²) in [5, 5.41) is 3.54. The van der Waals surface area contributed by atoms with E-state index in [1.807, 2.05) is 13.8 Å². The van der Waals surface area contributed by atoms with E-state index in [0.29, 0.717) is 22.2 Å². The second-order valence-corrected chi connectivity index (χ2v) is 4.94. The summed E-state index contributed by atoms with van der Waals surface area (Å²) in [6.45, 7) is 5.25. The lowest BCUT2D eigenvalue weighted by Crippen LogP contribution is -2.29. The van der Waals surface area contributed by atoms with E-state index in [0.717, 1.165) is 0 Å². The van der Waals surface area contributed by atoms with Gasteiger partial charge in [-0.05, 0) is 32.0 Å². The summed E-state index contributed by atoms with van der Waals surface area (Å²) in [6, 6.07) is 5.35. The molecule has 2 rings (SSSR count). The van der Waals surface area contributed by atoms with Crippen LogP contribution in [0.25, 0.3) is 10.9 Å². The van der Waals surface area contributed by atoms with E-state index in [4.69, 9.17) is 4.74 Å². The lowest BCUT2D eigenvalue weighted by molar-refractivity contribution is 0.0941. The van der Waals surface area contributed by atoms with Gasteiger partial charge in [-0.2, -0.15) is 0 Å². The van der Waals surface area contributed by atoms with E-state index in [2.05, 4.69) is 5.32 Å². The van der Waals surface area contributed by atoms with Gasteiger partial charge in [-0.15, -0.1) is 0 Å². The number of hydrogen-bond acceptors (Lipinski definition) is 3. The highest BCUT2D eigenvalue weighted by molar-refractivity contribution is 6.09. The number of methoxy groups -OCH3 is 1. The summed E-state index contributed by atoms with van der Waals surface area (Å²) in [5.41, 5.74) is 1.18. The molecule has 1 heterocycles. The SMILES string of the molecule is COc1ccc2c(c1)c(C(=O)NC(C)C)cn2C(C)=O. The van der Waals surface area contributed by atoms with Crippen molar-refractivity contribution >= 4 is 22.7 Å². The Hall–Kier alpha value is -2.30. The van der Waals surface area contributed by atoms with Crippen molar-refractivity contribution in [2.75, 3.05) is 7.11 Å². The Labute approximate surface area is 117 Å². The molecule has 0 atom stereocenters. The molecule has 0 aliphatic rings. The standard InChI is InChI=1S/C15H18N2O3/c1-9(2)16-15(19)13-8-17(10(3)18)14-6-5-11(20-4)7-12(13)14/h5-9H,1-4H3,(H,16,19). The van der Waals surface area contributed by atoms with Crippen LogP contribution < -0.4 is 10.1 Å². The van der Waals surface area contributed by atoms with Crippen LogP contribution in [0.4, 0.5) is 0 Å². The highest BCUT2D eigenvalue weighted by Crippen LogP contribution is 2.26. The third-order valence-corrected chi connectivity index (χ3v) is 3.02. The quantitative estimate of drug-likeness (QED) is 0.935. The highest BCUT2D eigenvalue weighted by Gasteiger charge is 2.17. The Bertz CT molecular complexity index is 671. The second kappa shape index (κ2) is 5.36. The molecule has 0 aliphatic heterocycles. The van der Waals surface area contributed by atoms with Crippen molar-refractivity contribution in [3.8, 4) is 5.75 Å². The molecular weight excluding hydrogens is 256 g/mol. The minimum atomic E-state index is -0.196. The molecule has 1 amide bonds. The number of aromatic nitrogens is 1. The van der Waals surface area contributed by atoms with Crippen LogP contribution in [0, 0.1) is 0 Å². The fourth-order valence-corrected chi connectivity index (χ4v) is 2.12. The van der Waals surface area contributed by atoms with Crippen molar-refractivity contribution in [1.82, 2.24) is 9.88 Å². The van der Waals surface area contributed by atoms with Gasteiger partial charge in [0, 0.05) is 24.5 Å². The van der Waals surface area contributed by atoms with Crippen LogP contribution in [0.5, 0.6) is 5.75 Å². The predicted octanol–water partition coefficient (Wildman–Crippen LogP) is 2.45. The van der Waals surface area contributed by atoms with Gasteiger partial charge in [0.05, 0.1) is 18.2 Å². The molecule has 0 saturated heterocycles. The monoisotopic (exact) mass is 274 g/mol. The lowest BCUT2D eigenvalue weighted by atomic mass is 10.1. The normalized spacial score (nSPS) is 10.8. The number of carbonyl (C=O) groups is 2. The van der Waals surface area contributed by atoms with E-state index in [-0.39, 0.29) is 17.9 Å². The van der Waals surface area contributed by atoms with Crippen molar-refractivity contribution in [1.29, 1.82) is 0 Å². The Morgan fingerprint density at radius 3 is 2.55 bits per heavy atom. The van der Waals surface area contributed by atoms with Gasteiger partial charge >= 0.3 is 0 Å². The Kier molecular flexibility index (Phi) is 3.79. The molecule has 2 aromatic rings. The average Bonchev–Trinajstić information content (AvgIpc) is 2.76. The Balaban J connectivity index is 2.63. The van der Waals surface area contributed by atoms with Gasteiger partial charge in [0.2, 0.25) is 5.91 Å². The maximum absolute atomic E-state index is 12.2. The minimum absolute atomic E-state index is 0.0313. The third kappa shape index (κ3) is 2.52. The number of nitrogens with one attached hydrogen (secondary N) is 1. The summed E-state index contributed by atoms with van der Waals surface area (Å²) in [5.74, 6) is 0.319. The smallest absolute Gasteiger partial charge is 0.253 e. The number of fused-ring (bicyclic) bond motifs is 1. The van der Waals surface area contributed by atoms with E-state index < -0.39 is 0 Å². The maximum atomic E-state index is 12.2. The topological polar surface area (TPSA) is 60.3 Å². The lowest BCUT2D eigenvalue weighted by Gasteiger charge is -2.07. The zero-order valence-electron chi connectivity index (χ0n) is 12.1. The van der Waals surface area contributed by atoms with Crippen molar-refractivity contribution in [3.05, 3.63) is 30.0 Å². The van der Waals surface area contributed by atoms with Gasteiger partial charge in [-0.3, -0.25) is 14.2 Å². The molecule has 0 unspecified atom stereocenters. The Morgan fingerprint density at radius 2 is 2.00 bits per heavy atom. The summed E-state index contributed by atoms with van der Waals surface area (Å²) in [7, 11) is 1.57. The molecule has 1 N–H and O–H groups in total. The number of hydrogen-bond donors (Lipinski definition) is 1. The zero-order valence-corrected chi connectivity index (χ0v) is 12.1. The van der Waals surface area contributed by atoms with Crippen LogP contribution in [0.3, 0.4) is 0 Å². The van der Waals surface area contributed by atoms with Crippen LogP contribution >= 0.6 is 0 Å². The van der Waals surface area contributed by atoms with E-state index >= 15 is 0 Å². The summed E-state index contributed by atoms with van der Waals surface area (Å²) >= 11 is 0. The summed E-state index contributed by atoms with van der Waals surface area (Å²) in [6.07, 6.45) is 1.57. The minimum Gasteiger partial charge on any atom is -0.497 e. The largest absolute Gasteiger partial charge is 0.497 e. The molecule has 0 fully saturated rings. The van der Waals surface area contributed by atoms with Gasteiger partial charge in [-0.25, -0.2) is 0 Å². The zero-order chi connectivity index (χ0) is 14.9. The molecule has 1 aromatic heterocycles. The molecule has 20 heavy (non-hydrogen) atoms. The van der Waals surface area contributed by atoms with Gasteiger partial charge in [0.15, 0.2) is 0 Å². The average molecular weight is 274 g/mol. The van der Waals surface area contributed by atoms with Gasteiger partial charge in [0.25, 0.3) is 5.91 Å². The first-order chi connectivity index (χ1) is 9.43. The molecule has 5 nitrogen and oxygen atoms in total. The van der Waals surface area contributed by atoms with Crippen LogP contribution in [0.15, 0.2) is 24.4 Å². The van der Waals surface area contributed by atoms with E-state index in [9.17, 15) is 9.59 Å². The van der Waals surface area contributed by atoms with Gasteiger partial charge in [0.1, 0.15) is 5.75 Å². The number of benzene rings is 1. The van der Waals surface area contributed by atoms with Crippen molar-refractivity contribution in [2.24, 2.45) is 0 Å². The highest BCUT2D eigenvalue weighted by atomic mass is 16.5. The molecule has 1 aromatic carbocycles. The van der Waals surface area contributed by atoms with Crippen molar-refractivity contribution < 1.29 is 14.3 Å². The summed E-state index contributed by atoms with van der Waals surface area (Å²) < 4.78 is 6.66. The third-order valence-electron chi connectivity index (χ3n) is 3.02. The first-order valence-corrected chi connectivity index (χ1v) is 6.45. The number of rotatable bonds is 3. The van der Waals surface area contributed by atoms with Gasteiger partial charge < -0.3 is 10.1 Å². The molecule has 106 valence electrons. The molecule has 0 radical (unpaired) electrons. The van der Waals surface area contributed by atoms with Crippen molar-refractivity contribution in [2.45, 2.75) is 26.8 Å². The van der Waals surface area contributed by atoms with Gasteiger partial charge in [-0.1, -0.05) is 0 Å². The second-order valence-electron chi connectivity index (χ2n) is 4.94. The molecule has 5 heteroatoms. The number of carbonyl (C=O) groups excluding carboxylic acids is 2. The Morgan fingerprint density at radius 1 is 1.30 bits per heavy atom. The first kappa shape index (κ1) is 14.1. The van der Waals surface area contributed by atoms with E-state index in [1.54, 1.807) is 31.5 Å². The van der Waals surface area contributed by atoms with Crippen LogP contribution in [0.2, 0.25) is 0 Å². The van der Waals surface area contributed by atoms with Crippen molar-refractivity contribution in [3.63, 3.8) is 0 Å². The van der Waals surface area contributed by atoms with Crippen LogP contribution in [-0.4, -0.2) is 29.5 Å². The first-order valence-electron chi connectivity index (χ1n) is 6.45. The maximum Gasteiger partial charge on any atom is 0.253 e. The molecular formula is C15H18N2O3. The van der Waals surface area contributed by atoms with E-state index in [1.165, 1.54) is 11.5 Å². The molecule has 0 aliphatic carbocycles. The fourth-order valence-electron chi connectivity index (χ4n) is 2.12. The fraction of sp³-hybridized carbons (Fsp3) is 0.333. The van der Waals surface area contributed by atoms with Crippen LogP contribution in [-0.2, 0) is 0 Å². The molecule has 0 saturated carbocycles. The van der Waals surface area contributed by atoms with Crippen LogP contribution in [0.1, 0.15) is 35.9 Å². The number of ether oxygens (including phenoxy) is 1.